The Kier molecular flexibility index (Phi) is 6.62. The van der Waals surface area contributed by atoms with Crippen LogP contribution < -0.4 is 0 Å². The quantitative estimate of drug-likeness (QED) is 0.575. The summed E-state index contributed by atoms with van der Waals surface area (Å²) in [5, 5.41) is 6.38. The Morgan fingerprint density at radius 2 is 1.84 bits per heavy atom. The van der Waals surface area contributed by atoms with E-state index in [1.54, 1.807) is 17.1 Å². The monoisotopic (exact) mass is 419 g/mol. The predicted octanol–water partition coefficient (Wildman–Crippen LogP) is 5.24. The summed E-state index contributed by atoms with van der Waals surface area (Å²) >= 11 is 0. The first-order valence-corrected chi connectivity index (χ1v) is 11.1. The molecule has 2 aliphatic rings. The van der Waals surface area contributed by atoms with E-state index in [9.17, 15) is 9.18 Å². The Bertz CT molecular complexity index is 946. The third kappa shape index (κ3) is 4.93. The van der Waals surface area contributed by atoms with Crippen molar-refractivity contribution in [3.63, 3.8) is 0 Å². The first-order valence-electron chi connectivity index (χ1n) is 11.1. The summed E-state index contributed by atoms with van der Waals surface area (Å²) in [6.45, 7) is 6.97. The summed E-state index contributed by atoms with van der Waals surface area (Å²) in [6.07, 6.45) is 7.19. The normalized spacial score (nSPS) is 19.1. The lowest BCUT2D eigenvalue weighted by Gasteiger charge is -2.30. The molecule has 4 nitrogen and oxygen atoms in total. The minimum absolute atomic E-state index is 0.00330. The van der Waals surface area contributed by atoms with Crippen LogP contribution in [0.2, 0.25) is 0 Å². The van der Waals surface area contributed by atoms with E-state index in [2.05, 4.69) is 42.7 Å². The van der Waals surface area contributed by atoms with Gasteiger partial charge in [-0.1, -0.05) is 60.9 Å². The predicted molar refractivity (Wildman–Crippen MR) is 122 cm³/mol. The highest BCUT2D eigenvalue weighted by Crippen LogP contribution is 2.33. The summed E-state index contributed by atoms with van der Waals surface area (Å²) in [6, 6.07) is 14.9. The zero-order chi connectivity index (χ0) is 21.8. The van der Waals surface area contributed by atoms with Crippen LogP contribution in [-0.4, -0.2) is 40.7 Å². The van der Waals surface area contributed by atoms with Crippen LogP contribution in [0.4, 0.5) is 4.39 Å². The van der Waals surface area contributed by atoms with E-state index in [0.717, 1.165) is 29.7 Å². The van der Waals surface area contributed by atoms with Crippen molar-refractivity contribution in [2.45, 2.75) is 51.1 Å². The first kappa shape index (κ1) is 21.4. The molecule has 1 aliphatic carbocycles. The fraction of sp³-hybridized carbons (Fsp3) is 0.385. The van der Waals surface area contributed by atoms with Gasteiger partial charge >= 0.3 is 0 Å². The molecule has 2 aromatic rings. The van der Waals surface area contributed by atoms with Gasteiger partial charge in [0.15, 0.2) is 0 Å². The van der Waals surface area contributed by atoms with Gasteiger partial charge in [0.2, 0.25) is 0 Å². The third-order valence-corrected chi connectivity index (χ3v) is 6.35. The van der Waals surface area contributed by atoms with Crippen molar-refractivity contribution in [3.05, 3.63) is 83.7 Å². The van der Waals surface area contributed by atoms with Gasteiger partial charge in [0.1, 0.15) is 5.82 Å². The van der Waals surface area contributed by atoms with Crippen molar-refractivity contribution in [3.8, 4) is 0 Å². The van der Waals surface area contributed by atoms with Crippen LogP contribution in [0.3, 0.4) is 0 Å². The standard InChI is InChI=1S/C26H30FN3O/c1-3-16-29(23-6-4-5-7-23)18-26(31)30-25(21-10-8-19(2)9-11-21)17-24(28-30)20-12-14-22(27)15-13-20/h3,8-15,23,25H,1,4-7,16-18H2,2H3. The first-order chi connectivity index (χ1) is 15.0. The summed E-state index contributed by atoms with van der Waals surface area (Å²) in [5.41, 5.74) is 3.91. The highest BCUT2D eigenvalue weighted by Gasteiger charge is 2.34. The maximum absolute atomic E-state index is 13.5. The number of carbonyl (C=O) groups is 1. The molecule has 0 bridgehead atoms. The highest BCUT2D eigenvalue weighted by atomic mass is 19.1. The van der Waals surface area contributed by atoms with Gasteiger partial charge in [-0.3, -0.25) is 9.69 Å². The molecular weight excluding hydrogens is 389 g/mol. The van der Waals surface area contributed by atoms with Gasteiger partial charge in [-0.2, -0.15) is 5.10 Å². The average molecular weight is 420 g/mol. The van der Waals surface area contributed by atoms with E-state index in [0.29, 0.717) is 25.6 Å². The van der Waals surface area contributed by atoms with Crippen molar-refractivity contribution < 1.29 is 9.18 Å². The van der Waals surface area contributed by atoms with E-state index >= 15 is 0 Å². The molecule has 1 fully saturated rings. The molecule has 1 amide bonds. The molecule has 1 saturated carbocycles. The maximum atomic E-state index is 13.5. The SMILES string of the molecule is C=CCN(CC(=O)N1N=C(c2ccc(F)cc2)CC1c1ccc(C)cc1)C1CCCC1. The molecule has 2 aromatic carbocycles. The van der Waals surface area contributed by atoms with Gasteiger partial charge in [-0.25, -0.2) is 9.40 Å². The molecule has 162 valence electrons. The van der Waals surface area contributed by atoms with Gasteiger partial charge in [0, 0.05) is 19.0 Å². The van der Waals surface area contributed by atoms with Crippen LogP contribution in [0.25, 0.3) is 0 Å². The zero-order valence-corrected chi connectivity index (χ0v) is 18.1. The number of halogens is 1. The Balaban J connectivity index is 1.60. The van der Waals surface area contributed by atoms with Crippen molar-refractivity contribution in [1.29, 1.82) is 0 Å². The number of nitrogens with zero attached hydrogens (tertiary/aromatic N) is 3. The van der Waals surface area contributed by atoms with Gasteiger partial charge in [0.05, 0.1) is 18.3 Å². The summed E-state index contributed by atoms with van der Waals surface area (Å²) in [7, 11) is 0. The number of benzene rings is 2. The van der Waals surface area contributed by atoms with E-state index in [-0.39, 0.29) is 17.8 Å². The zero-order valence-electron chi connectivity index (χ0n) is 18.1. The fourth-order valence-electron chi connectivity index (χ4n) is 4.63. The van der Waals surface area contributed by atoms with E-state index in [1.165, 1.54) is 30.5 Å². The van der Waals surface area contributed by atoms with Gasteiger partial charge in [0.25, 0.3) is 5.91 Å². The molecule has 31 heavy (non-hydrogen) atoms. The number of hydrogen-bond donors (Lipinski definition) is 0. The lowest BCUT2D eigenvalue weighted by atomic mass is 9.97. The molecule has 0 aromatic heterocycles. The number of carbonyl (C=O) groups excluding carboxylic acids is 1. The second-order valence-electron chi connectivity index (χ2n) is 8.58. The lowest BCUT2D eigenvalue weighted by Crippen LogP contribution is -2.42. The Morgan fingerprint density at radius 1 is 1.16 bits per heavy atom. The number of hydrogen-bond acceptors (Lipinski definition) is 3. The molecule has 0 N–H and O–H groups in total. The minimum Gasteiger partial charge on any atom is -0.288 e. The molecule has 5 heteroatoms. The molecular formula is C26H30FN3O. The summed E-state index contributed by atoms with van der Waals surface area (Å²) < 4.78 is 13.4. The summed E-state index contributed by atoms with van der Waals surface area (Å²) in [4.78, 5) is 15.7. The lowest BCUT2D eigenvalue weighted by molar-refractivity contribution is -0.134. The van der Waals surface area contributed by atoms with Crippen LogP contribution in [0.1, 0.15) is 54.8 Å². The Hall–Kier alpha value is -2.79. The van der Waals surface area contributed by atoms with Crippen molar-refractivity contribution in [1.82, 2.24) is 9.91 Å². The topological polar surface area (TPSA) is 35.9 Å². The molecule has 4 rings (SSSR count). The average Bonchev–Trinajstić information content (AvgIpc) is 3.45. The minimum atomic E-state index is -0.276. The Labute approximate surface area is 184 Å². The molecule has 1 atom stereocenters. The van der Waals surface area contributed by atoms with Crippen molar-refractivity contribution in [2.75, 3.05) is 13.1 Å². The van der Waals surface area contributed by atoms with E-state index in [4.69, 9.17) is 5.10 Å². The number of amides is 1. The largest absolute Gasteiger partial charge is 0.288 e. The summed E-state index contributed by atoms with van der Waals surface area (Å²) in [5.74, 6) is -0.279. The molecule has 0 radical (unpaired) electrons. The highest BCUT2D eigenvalue weighted by molar-refractivity contribution is 6.03. The van der Waals surface area contributed by atoms with Crippen LogP contribution in [-0.2, 0) is 4.79 Å². The Morgan fingerprint density at radius 3 is 2.48 bits per heavy atom. The second-order valence-corrected chi connectivity index (χ2v) is 8.58. The van der Waals surface area contributed by atoms with E-state index in [1.807, 2.05) is 6.08 Å². The maximum Gasteiger partial charge on any atom is 0.257 e. The van der Waals surface area contributed by atoms with Gasteiger partial charge in [-0.15, -0.1) is 6.58 Å². The van der Waals surface area contributed by atoms with Crippen LogP contribution >= 0.6 is 0 Å². The van der Waals surface area contributed by atoms with Crippen LogP contribution in [0.5, 0.6) is 0 Å². The van der Waals surface area contributed by atoms with Crippen molar-refractivity contribution >= 4 is 11.6 Å². The van der Waals surface area contributed by atoms with Gasteiger partial charge < -0.3 is 0 Å². The molecule has 1 unspecified atom stereocenters. The smallest absolute Gasteiger partial charge is 0.257 e. The molecule has 1 heterocycles. The molecule has 1 aliphatic heterocycles. The van der Waals surface area contributed by atoms with Crippen molar-refractivity contribution in [2.24, 2.45) is 5.10 Å². The number of hydrazone groups is 1. The van der Waals surface area contributed by atoms with Crippen LogP contribution in [0.15, 0.2) is 66.3 Å². The van der Waals surface area contributed by atoms with E-state index < -0.39 is 0 Å². The number of aryl methyl sites for hydroxylation is 1. The fourth-order valence-corrected chi connectivity index (χ4v) is 4.63. The number of rotatable bonds is 7. The second kappa shape index (κ2) is 9.56. The molecule has 0 saturated heterocycles. The van der Waals surface area contributed by atoms with Crippen LogP contribution in [0, 0.1) is 12.7 Å². The third-order valence-electron chi connectivity index (χ3n) is 6.35. The van der Waals surface area contributed by atoms with Gasteiger partial charge in [-0.05, 0) is 43.0 Å². The molecule has 0 spiro atoms.